The number of carbonyl (C=O) groups is 1. The summed E-state index contributed by atoms with van der Waals surface area (Å²) < 4.78 is 5.63. The fourth-order valence-electron chi connectivity index (χ4n) is 4.40. The molecule has 0 saturated carbocycles. The first kappa shape index (κ1) is 19.8. The summed E-state index contributed by atoms with van der Waals surface area (Å²) in [6.07, 6.45) is 4.24. The van der Waals surface area contributed by atoms with Gasteiger partial charge >= 0.3 is 0 Å². The van der Waals surface area contributed by atoms with E-state index in [0.717, 1.165) is 58.5 Å². The number of rotatable bonds is 5. The van der Waals surface area contributed by atoms with Gasteiger partial charge in [0.05, 0.1) is 12.3 Å². The Kier molecular flexibility index (Phi) is 5.20. The van der Waals surface area contributed by atoms with Crippen LogP contribution in [0.5, 0.6) is 5.75 Å². The molecule has 5 rings (SSSR count). The number of nitrogen functional groups attached to an aromatic ring is 1. The lowest BCUT2D eigenvalue weighted by molar-refractivity contribution is 0.104. The van der Waals surface area contributed by atoms with Crippen molar-refractivity contribution >= 4 is 33.0 Å². The third-order valence-corrected chi connectivity index (χ3v) is 6.95. The van der Waals surface area contributed by atoms with Crippen molar-refractivity contribution in [3.05, 3.63) is 76.3 Å². The molecule has 1 aliphatic carbocycles. The molecule has 0 amide bonds. The first-order valence-corrected chi connectivity index (χ1v) is 11.6. The fraction of sp³-hybridized carbons (Fsp3) is 0.231. The molecule has 0 fully saturated rings. The van der Waals surface area contributed by atoms with Crippen molar-refractivity contribution in [3.63, 3.8) is 0 Å². The van der Waals surface area contributed by atoms with Crippen LogP contribution in [0.2, 0.25) is 0 Å². The molecule has 2 N–H and O–H groups in total. The number of nitrogens with two attached hydrogens (primary N) is 1. The molecule has 2 heterocycles. The Morgan fingerprint density at radius 2 is 1.81 bits per heavy atom. The third-order valence-electron chi connectivity index (χ3n) is 5.85. The number of hydrogen-bond donors (Lipinski definition) is 1. The minimum Gasteiger partial charge on any atom is -0.494 e. The van der Waals surface area contributed by atoms with Crippen LogP contribution in [0.3, 0.4) is 0 Å². The summed E-state index contributed by atoms with van der Waals surface area (Å²) in [6.45, 7) is 2.62. The number of aromatic nitrogens is 1. The quantitative estimate of drug-likeness (QED) is 0.393. The van der Waals surface area contributed by atoms with E-state index in [0.29, 0.717) is 22.7 Å². The van der Waals surface area contributed by atoms with E-state index in [4.69, 9.17) is 15.5 Å². The Balaban J connectivity index is 1.73. The van der Waals surface area contributed by atoms with E-state index >= 15 is 0 Å². The van der Waals surface area contributed by atoms with Gasteiger partial charge in [0.15, 0.2) is 0 Å². The van der Waals surface area contributed by atoms with Gasteiger partial charge in [0.2, 0.25) is 5.78 Å². The topological polar surface area (TPSA) is 65.2 Å². The SMILES string of the molecule is CCOc1ccc(-c2c3c(nc4sc(C(=O)c5ccccc5)c(N)c24)CCCC3)cc1. The summed E-state index contributed by atoms with van der Waals surface area (Å²) in [5.74, 6) is 0.806. The van der Waals surface area contributed by atoms with Gasteiger partial charge in [-0.3, -0.25) is 4.79 Å². The maximum atomic E-state index is 13.2. The average Bonchev–Trinajstić information content (AvgIpc) is 3.14. The Labute approximate surface area is 185 Å². The Morgan fingerprint density at radius 3 is 2.55 bits per heavy atom. The van der Waals surface area contributed by atoms with Crippen LogP contribution in [0.25, 0.3) is 21.3 Å². The number of ether oxygens (including phenoxy) is 1. The molecule has 0 spiro atoms. The van der Waals surface area contributed by atoms with Crippen molar-refractivity contribution in [2.24, 2.45) is 0 Å². The zero-order valence-corrected chi connectivity index (χ0v) is 18.3. The number of anilines is 1. The molecule has 0 bridgehead atoms. The van der Waals surface area contributed by atoms with Gasteiger partial charge in [0, 0.05) is 16.6 Å². The highest BCUT2D eigenvalue weighted by atomic mass is 32.1. The lowest BCUT2D eigenvalue weighted by atomic mass is 9.87. The van der Waals surface area contributed by atoms with Crippen molar-refractivity contribution in [2.45, 2.75) is 32.6 Å². The summed E-state index contributed by atoms with van der Waals surface area (Å²) in [6, 6.07) is 17.5. The lowest BCUT2D eigenvalue weighted by Crippen LogP contribution is -2.08. The van der Waals surface area contributed by atoms with Crippen LogP contribution in [-0.4, -0.2) is 17.4 Å². The largest absolute Gasteiger partial charge is 0.494 e. The van der Waals surface area contributed by atoms with E-state index in [1.54, 1.807) is 0 Å². The van der Waals surface area contributed by atoms with Gasteiger partial charge in [0.25, 0.3) is 0 Å². The summed E-state index contributed by atoms with van der Waals surface area (Å²) in [4.78, 5) is 19.6. The van der Waals surface area contributed by atoms with Gasteiger partial charge in [-0.05, 0) is 61.4 Å². The van der Waals surface area contributed by atoms with Crippen LogP contribution in [0.15, 0.2) is 54.6 Å². The predicted octanol–water partition coefficient (Wildman–Crippen LogP) is 6.05. The van der Waals surface area contributed by atoms with E-state index < -0.39 is 0 Å². The van der Waals surface area contributed by atoms with E-state index in [1.807, 2.05) is 49.4 Å². The Bertz CT molecular complexity index is 1260. The number of carbonyl (C=O) groups excluding carboxylic acids is 1. The number of pyridine rings is 1. The molecule has 31 heavy (non-hydrogen) atoms. The van der Waals surface area contributed by atoms with Crippen LogP contribution in [0, 0.1) is 0 Å². The summed E-state index contributed by atoms with van der Waals surface area (Å²) in [7, 11) is 0. The van der Waals surface area contributed by atoms with Crippen molar-refractivity contribution < 1.29 is 9.53 Å². The van der Waals surface area contributed by atoms with Crippen molar-refractivity contribution in [2.75, 3.05) is 12.3 Å². The Hall–Kier alpha value is -3.18. The molecule has 2 aromatic heterocycles. The predicted molar refractivity (Wildman–Crippen MR) is 127 cm³/mol. The maximum Gasteiger partial charge on any atom is 0.205 e. The van der Waals surface area contributed by atoms with Gasteiger partial charge in [-0.2, -0.15) is 0 Å². The smallest absolute Gasteiger partial charge is 0.205 e. The summed E-state index contributed by atoms with van der Waals surface area (Å²) in [5.41, 5.74) is 12.5. The number of ketones is 1. The van der Waals surface area contributed by atoms with Crippen LogP contribution in [0.4, 0.5) is 5.69 Å². The molecule has 0 atom stereocenters. The van der Waals surface area contributed by atoms with Gasteiger partial charge in [0.1, 0.15) is 15.5 Å². The molecular formula is C26H24N2O2S. The van der Waals surface area contributed by atoms with Crippen LogP contribution in [-0.2, 0) is 12.8 Å². The lowest BCUT2D eigenvalue weighted by Gasteiger charge is -2.20. The van der Waals surface area contributed by atoms with Crippen LogP contribution in [0.1, 0.15) is 46.3 Å². The molecule has 5 heteroatoms. The van der Waals surface area contributed by atoms with Gasteiger partial charge in [-0.25, -0.2) is 4.98 Å². The normalized spacial score (nSPS) is 13.2. The minimum atomic E-state index is -0.0447. The highest BCUT2D eigenvalue weighted by molar-refractivity contribution is 7.21. The van der Waals surface area contributed by atoms with E-state index in [2.05, 4.69) is 12.1 Å². The number of hydrogen-bond acceptors (Lipinski definition) is 5. The van der Waals surface area contributed by atoms with E-state index in [-0.39, 0.29) is 5.78 Å². The molecule has 2 aromatic carbocycles. The number of nitrogens with zero attached hydrogens (tertiary/aromatic N) is 1. The molecule has 4 nitrogen and oxygen atoms in total. The van der Waals surface area contributed by atoms with Crippen molar-refractivity contribution in [3.8, 4) is 16.9 Å². The number of benzene rings is 2. The average molecular weight is 429 g/mol. The minimum absolute atomic E-state index is 0.0447. The molecule has 0 aliphatic heterocycles. The second-order valence-corrected chi connectivity index (χ2v) is 8.80. The standard InChI is InChI=1S/C26H24N2O2S/c1-2-30-18-14-12-16(13-15-18)21-19-10-6-7-11-20(19)28-26-22(21)23(27)25(31-26)24(29)17-8-4-3-5-9-17/h3-5,8-9,12-15H,2,6-7,10-11,27H2,1H3. The van der Waals surface area contributed by atoms with Crippen molar-refractivity contribution in [1.29, 1.82) is 0 Å². The molecule has 0 radical (unpaired) electrons. The number of aryl methyl sites for hydroxylation is 1. The van der Waals surface area contributed by atoms with E-state index in [1.165, 1.54) is 16.9 Å². The van der Waals surface area contributed by atoms with Crippen LogP contribution < -0.4 is 10.5 Å². The number of fused-ring (bicyclic) bond motifs is 2. The zero-order chi connectivity index (χ0) is 21.4. The third kappa shape index (κ3) is 3.49. The highest BCUT2D eigenvalue weighted by Crippen LogP contribution is 2.44. The number of thiophene rings is 1. The fourth-order valence-corrected chi connectivity index (χ4v) is 5.49. The van der Waals surface area contributed by atoms with Crippen LogP contribution >= 0.6 is 11.3 Å². The van der Waals surface area contributed by atoms with Gasteiger partial charge < -0.3 is 10.5 Å². The van der Waals surface area contributed by atoms with Gasteiger partial charge in [-0.1, -0.05) is 42.5 Å². The van der Waals surface area contributed by atoms with E-state index in [9.17, 15) is 4.79 Å². The monoisotopic (exact) mass is 428 g/mol. The molecular weight excluding hydrogens is 404 g/mol. The molecule has 0 saturated heterocycles. The second kappa shape index (κ2) is 8.16. The molecule has 156 valence electrons. The van der Waals surface area contributed by atoms with Gasteiger partial charge in [-0.15, -0.1) is 11.3 Å². The first-order chi connectivity index (χ1) is 15.2. The highest BCUT2D eigenvalue weighted by Gasteiger charge is 2.26. The molecule has 1 aliphatic rings. The maximum absolute atomic E-state index is 13.2. The van der Waals surface area contributed by atoms with Crippen molar-refractivity contribution in [1.82, 2.24) is 4.98 Å². The summed E-state index contributed by atoms with van der Waals surface area (Å²) >= 11 is 1.41. The molecule has 4 aromatic rings. The zero-order valence-electron chi connectivity index (χ0n) is 17.5. The first-order valence-electron chi connectivity index (χ1n) is 10.7. The Morgan fingerprint density at radius 1 is 1.06 bits per heavy atom. The molecule has 0 unspecified atom stereocenters. The second-order valence-electron chi connectivity index (χ2n) is 7.80. The summed E-state index contributed by atoms with van der Waals surface area (Å²) in [5, 5.41) is 0.911.